The Hall–Kier alpha value is -3.44. The highest BCUT2D eigenvalue weighted by Crippen LogP contribution is 2.51. The van der Waals surface area contributed by atoms with Crippen molar-refractivity contribution < 1.29 is 31.9 Å². The number of halogens is 4. The Morgan fingerprint density at radius 1 is 1.02 bits per heavy atom. The molecule has 1 saturated heterocycles. The Labute approximate surface area is 247 Å². The highest BCUT2D eigenvalue weighted by Gasteiger charge is 2.53. The lowest BCUT2D eigenvalue weighted by atomic mass is 9.88. The second kappa shape index (κ2) is 11.2. The summed E-state index contributed by atoms with van der Waals surface area (Å²) in [5.74, 6) is -1.40. The molecule has 4 atom stereocenters. The molecular weight excluding hydrogens is 566 g/mol. The molecule has 4 aliphatic rings. The van der Waals surface area contributed by atoms with Crippen molar-refractivity contribution in [2.75, 3.05) is 11.9 Å². The summed E-state index contributed by atoms with van der Waals surface area (Å²) >= 11 is 0. The molecule has 43 heavy (non-hydrogen) atoms. The quantitative estimate of drug-likeness (QED) is 0.387. The molecule has 2 heterocycles. The van der Waals surface area contributed by atoms with E-state index >= 15 is 0 Å². The van der Waals surface area contributed by atoms with Gasteiger partial charge in [-0.3, -0.25) is 19.1 Å². The van der Waals surface area contributed by atoms with Gasteiger partial charge in [0, 0.05) is 24.3 Å². The number of benzene rings is 1. The Kier molecular flexibility index (Phi) is 7.75. The van der Waals surface area contributed by atoms with Crippen LogP contribution in [-0.4, -0.2) is 63.4 Å². The van der Waals surface area contributed by atoms with Crippen molar-refractivity contribution in [1.29, 1.82) is 0 Å². The lowest BCUT2D eigenvalue weighted by molar-refractivity contribution is -0.183. The number of rotatable bonds is 9. The molecule has 8 nitrogen and oxygen atoms in total. The van der Waals surface area contributed by atoms with Gasteiger partial charge < -0.3 is 15.5 Å². The van der Waals surface area contributed by atoms with E-state index < -0.39 is 49.2 Å². The van der Waals surface area contributed by atoms with E-state index in [1.807, 2.05) is 13.8 Å². The average molecular weight is 604 g/mol. The molecule has 0 radical (unpaired) electrons. The van der Waals surface area contributed by atoms with Crippen LogP contribution in [0.15, 0.2) is 30.5 Å². The number of fused-ring (bicyclic) bond motifs is 1. The van der Waals surface area contributed by atoms with Gasteiger partial charge in [-0.25, -0.2) is 4.39 Å². The zero-order valence-electron chi connectivity index (χ0n) is 24.2. The van der Waals surface area contributed by atoms with Crippen LogP contribution in [0, 0.1) is 17.8 Å². The average Bonchev–Trinajstić information content (AvgIpc) is 3.82. The molecular formula is C31H37F4N5O3. The minimum absolute atomic E-state index is 0.0252. The predicted octanol–water partition coefficient (Wildman–Crippen LogP) is 5.17. The van der Waals surface area contributed by atoms with Gasteiger partial charge in [-0.15, -0.1) is 0 Å². The molecule has 1 aromatic carbocycles. The molecule has 12 heteroatoms. The number of alkyl halides is 4. The van der Waals surface area contributed by atoms with Gasteiger partial charge in [-0.2, -0.15) is 18.3 Å². The number of likely N-dealkylation sites (tertiary alicyclic amines) is 1. The lowest BCUT2D eigenvalue weighted by Gasteiger charge is -2.29. The molecule has 2 N–H and O–H groups in total. The maximum absolute atomic E-state index is 14.0. The summed E-state index contributed by atoms with van der Waals surface area (Å²) in [6.45, 7) is 3.29. The Morgan fingerprint density at radius 2 is 1.72 bits per heavy atom. The van der Waals surface area contributed by atoms with E-state index in [4.69, 9.17) is 0 Å². The van der Waals surface area contributed by atoms with Gasteiger partial charge in [-0.05, 0) is 99.5 Å². The second-order valence-electron chi connectivity index (χ2n) is 12.8. The van der Waals surface area contributed by atoms with Crippen molar-refractivity contribution in [3.8, 4) is 0 Å². The number of nitrogens with one attached hydrogen (secondary N) is 2. The molecule has 1 unspecified atom stereocenters. The zero-order chi connectivity index (χ0) is 30.6. The van der Waals surface area contributed by atoms with Crippen molar-refractivity contribution in [3.63, 3.8) is 0 Å². The van der Waals surface area contributed by atoms with E-state index in [1.54, 1.807) is 35.1 Å². The fourth-order valence-corrected chi connectivity index (χ4v) is 7.06. The number of carbonyl (C=O) groups excluding carboxylic acids is 3. The summed E-state index contributed by atoms with van der Waals surface area (Å²) in [7, 11) is 0. The van der Waals surface area contributed by atoms with E-state index in [2.05, 4.69) is 15.7 Å². The normalized spacial score (nSPS) is 24.4. The van der Waals surface area contributed by atoms with Crippen LogP contribution in [0.3, 0.4) is 0 Å². The van der Waals surface area contributed by atoms with E-state index in [-0.39, 0.29) is 23.8 Å². The van der Waals surface area contributed by atoms with E-state index in [0.29, 0.717) is 46.5 Å². The molecule has 0 spiro atoms. The highest BCUT2D eigenvalue weighted by molar-refractivity contribution is 6.01. The highest BCUT2D eigenvalue weighted by atomic mass is 19.4. The summed E-state index contributed by atoms with van der Waals surface area (Å²) in [5.41, 5.74) is 2.24. The van der Waals surface area contributed by atoms with Crippen LogP contribution in [0.4, 0.5) is 23.2 Å². The smallest absolute Gasteiger partial charge is 0.339 e. The van der Waals surface area contributed by atoms with Crippen LogP contribution in [0.25, 0.3) is 0 Å². The molecule has 2 aromatic rings. The van der Waals surface area contributed by atoms with Gasteiger partial charge in [0.15, 0.2) is 0 Å². The molecule has 6 rings (SSSR count). The summed E-state index contributed by atoms with van der Waals surface area (Å²) in [6, 6.07) is 3.80. The first-order valence-electron chi connectivity index (χ1n) is 15.2. The monoisotopic (exact) mass is 603 g/mol. The topological polar surface area (TPSA) is 96.3 Å². The summed E-state index contributed by atoms with van der Waals surface area (Å²) in [5, 5.41) is 10.2. The summed E-state index contributed by atoms with van der Waals surface area (Å²) in [4.78, 5) is 41.0. The number of hydrogen-bond acceptors (Lipinski definition) is 4. The van der Waals surface area contributed by atoms with Gasteiger partial charge in [0.1, 0.15) is 23.9 Å². The summed E-state index contributed by atoms with van der Waals surface area (Å²) in [6.07, 6.45) is -0.711. The maximum atomic E-state index is 14.0. The first kappa shape index (κ1) is 29.6. The van der Waals surface area contributed by atoms with E-state index in [1.165, 1.54) is 0 Å². The third kappa shape index (κ3) is 6.02. The number of amides is 3. The largest absolute Gasteiger partial charge is 0.408 e. The van der Waals surface area contributed by atoms with Crippen LogP contribution in [0.5, 0.6) is 0 Å². The van der Waals surface area contributed by atoms with Crippen molar-refractivity contribution in [2.24, 2.45) is 17.8 Å². The Bertz CT molecular complexity index is 1390. The third-order valence-electron chi connectivity index (χ3n) is 9.38. The zero-order valence-corrected chi connectivity index (χ0v) is 24.2. The minimum Gasteiger partial charge on any atom is -0.339 e. The molecule has 2 saturated carbocycles. The van der Waals surface area contributed by atoms with Crippen LogP contribution in [0.2, 0.25) is 0 Å². The fraction of sp³-hybridized carbons (Fsp3) is 0.613. The fourth-order valence-electron chi connectivity index (χ4n) is 7.06. The Morgan fingerprint density at radius 3 is 2.35 bits per heavy atom. The van der Waals surface area contributed by atoms with E-state index in [9.17, 15) is 31.9 Å². The third-order valence-corrected chi connectivity index (χ3v) is 9.38. The first-order chi connectivity index (χ1) is 20.4. The van der Waals surface area contributed by atoms with Crippen LogP contribution in [-0.2, 0) is 16.0 Å². The van der Waals surface area contributed by atoms with Crippen molar-refractivity contribution in [2.45, 2.75) is 95.2 Å². The second-order valence-corrected chi connectivity index (χ2v) is 12.8. The van der Waals surface area contributed by atoms with Gasteiger partial charge in [0.2, 0.25) is 11.8 Å². The van der Waals surface area contributed by atoms with Crippen molar-refractivity contribution in [1.82, 2.24) is 20.0 Å². The first-order valence-corrected chi connectivity index (χ1v) is 15.2. The number of anilines is 1. The molecule has 3 aliphatic carbocycles. The molecule has 1 aromatic heterocycles. The van der Waals surface area contributed by atoms with Gasteiger partial charge in [0.05, 0.1) is 12.5 Å². The van der Waals surface area contributed by atoms with Gasteiger partial charge in [0.25, 0.3) is 5.91 Å². The van der Waals surface area contributed by atoms with Crippen molar-refractivity contribution in [3.05, 3.63) is 47.3 Å². The molecule has 232 valence electrons. The number of hydrogen-bond donors (Lipinski definition) is 2. The van der Waals surface area contributed by atoms with Gasteiger partial charge in [-0.1, -0.05) is 6.07 Å². The van der Waals surface area contributed by atoms with Crippen LogP contribution >= 0.6 is 0 Å². The standard InChI is InChI=1S/C31H37F4N5O3/c1-16(2)40-24(11-12-36-40)28(41)38-27(26(17-3-4-17)18-5-6-18)29(42)37-21-8-10-22-19(13-21)7-9-23(22)30(43)39-15-20(32)14-25(39)31(33,34)35/h8,10-13,16-18,20,23,25-27H,3-7,9,14-15H2,1-2H3,(H,37,42)(H,38,41)/t20-,23?,25-,27-/m0/s1. The van der Waals surface area contributed by atoms with Crippen LogP contribution < -0.4 is 10.6 Å². The molecule has 1 aliphatic heterocycles. The number of carbonyl (C=O) groups is 3. The van der Waals surface area contributed by atoms with Crippen molar-refractivity contribution >= 4 is 23.4 Å². The van der Waals surface area contributed by atoms with Crippen LogP contribution in [0.1, 0.15) is 85.9 Å². The number of aryl methyl sites for hydroxylation is 1. The molecule has 0 bridgehead atoms. The lowest BCUT2D eigenvalue weighted by Crippen LogP contribution is -2.50. The number of nitrogens with zero attached hydrogens (tertiary/aromatic N) is 3. The summed E-state index contributed by atoms with van der Waals surface area (Å²) < 4.78 is 56.1. The SMILES string of the molecule is CC(C)n1nccc1C(=O)N[C@H](C(=O)Nc1ccc2c(c1)CCC2C(=O)N1C[C@@H](F)C[C@H]1C(F)(F)F)C(C1CC1)C1CC1. The predicted molar refractivity (Wildman–Crippen MR) is 150 cm³/mol. The molecule has 3 fully saturated rings. The van der Waals surface area contributed by atoms with Gasteiger partial charge >= 0.3 is 6.18 Å². The minimum atomic E-state index is -4.69. The maximum Gasteiger partial charge on any atom is 0.408 e. The number of aromatic nitrogens is 2. The molecule has 3 amide bonds. The Balaban J connectivity index is 1.19. The van der Waals surface area contributed by atoms with E-state index in [0.717, 1.165) is 31.2 Å².